The number of hydrogen-bond acceptors (Lipinski definition) is 7. The van der Waals surface area contributed by atoms with Crippen molar-refractivity contribution in [2.75, 3.05) is 0 Å². The standard InChI is InChI=1S/C28H27N2Si.C24H27N2Si.C22H22NSSi.3C11H8N.3Ir/c1-19-20(2)28(29-18-27(19)31(3,4)5)21-15-16-26-24(17-21)23-13-9-10-14-25(23)30(26)22-11-7-6-8-12-22;1-7-26-21-11-9-8-10-19(21)20-14-18(12-13-22(20)26)24-17(3)16(2)23(15-25-24)27(4,5)6;1-14-15(2)22(23-13-21(14)25(3,4)5)16-10-11-20-18(12-16)17-8-6-7-9-19(17)24-20;3*1-2-6-10(7-3-1)11-8-4-5-9-12-11;;;/h6-14,16-18H,1-5H3;8-11,13-15H,7H2,1-6H3;6-9,11-13H,1-5H3;3*1-6,8-9H;;;/q6*-1;;;. The summed E-state index contributed by atoms with van der Waals surface area (Å²) < 4.78 is 7.31. The summed E-state index contributed by atoms with van der Waals surface area (Å²) in [5, 5.41) is 12.1. The second-order valence-electron chi connectivity index (χ2n) is 33.0. The number of aryl methyl sites for hydroxylation is 1. The molecule has 122 heavy (non-hydrogen) atoms. The molecule has 19 aromatic rings. The monoisotopic (exact) mass is 2190 g/mol. The molecule has 0 N–H and O–H groups in total. The van der Waals surface area contributed by atoms with Crippen molar-refractivity contribution < 1.29 is 60.3 Å². The number of thiophene rings is 1. The van der Waals surface area contributed by atoms with Gasteiger partial charge in [-0.15, -0.1) is 179 Å². The first-order chi connectivity index (χ1) is 57.4. The molecule has 15 heteroatoms. The fourth-order valence-electron chi connectivity index (χ4n) is 15.6. The van der Waals surface area contributed by atoms with Crippen LogP contribution in [0.1, 0.15) is 40.3 Å². The van der Waals surface area contributed by atoms with E-state index in [2.05, 4.69) is 326 Å². The molecule has 0 amide bonds. The van der Waals surface area contributed by atoms with Gasteiger partial charge in [0.25, 0.3) is 0 Å². The number of nitrogens with zero attached hydrogens (tertiary/aromatic N) is 8. The second kappa shape index (κ2) is 41.1. The molecular formula is C107H100Ir3N8SSi3-6. The zero-order valence-electron chi connectivity index (χ0n) is 72.1. The van der Waals surface area contributed by atoms with Crippen molar-refractivity contribution in [1.82, 2.24) is 39.0 Å². The average molecular weight is 2190 g/mol. The van der Waals surface area contributed by atoms with Crippen LogP contribution in [0.5, 0.6) is 0 Å². The van der Waals surface area contributed by atoms with Gasteiger partial charge in [0, 0.05) is 125 Å². The van der Waals surface area contributed by atoms with Gasteiger partial charge in [0.15, 0.2) is 0 Å². The normalized spacial score (nSPS) is 11.1. The molecule has 0 atom stereocenters. The van der Waals surface area contributed by atoms with Crippen molar-refractivity contribution in [3.8, 4) is 73.2 Å². The minimum Gasteiger partial charge on any atom is -0.381 e. The number of fused-ring (bicyclic) bond motifs is 9. The van der Waals surface area contributed by atoms with E-state index in [-0.39, 0.29) is 60.3 Å². The van der Waals surface area contributed by atoms with Crippen molar-refractivity contribution in [3.05, 3.63) is 374 Å². The Balaban J connectivity index is 0.000000148. The summed E-state index contributed by atoms with van der Waals surface area (Å²) in [4.78, 5) is 27.3. The topological polar surface area (TPSA) is 87.2 Å². The molecule has 0 aliphatic rings. The van der Waals surface area contributed by atoms with E-state index in [0.717, 1.165) is 74.1 Å². The van der Waals surface area contributed by atoms with E-state index in [1.807, 2.05) is 139 Å². The number of para-hydroxylation sites is 3. The number of aromatic nitrogens is 8. The van der Waals surface area contributed by atoms with Crippen molar-refractivity contribution in [2.24, 2.45) is 0 Å². The van der Waals surface area contributed by atoms with Crippen LogP contribution in [0.2, 0.25) is 58.9 Å². The van der Waals surface area contributed by atoms with E-state index in [1.165, 1.54) is 118 Å². The summed E-state index contributed by atoms with van der Waals surface area (Å²) in [6, 6.07) is 111. The molecule has 0 unspecified atom stereocenters. The van der Waals surface area contributed by atoms with Crippen LogP contribution < -0.4 is 15.6 Å². The van der Waals surface area contributed by atoms with Gasteiger partial charge in [-0.3, -0.25) is 0 Å². The molecule has 0 spiro atoms. The zero-order chi connectivity index (χ0) is 83.5. The van der Waals surface area contributed by atoms with Gasteiger partial charge in [-0.05, 0) is 179 Å². The van der Waals surface area contributed by atoms with Crippen LogP contribution in [-0.4, -0.2) is 63.3 Å². The third kappa shape index (κ3) is 20.9. The number of pyridine rings is 6. The Morgan fingerprint density at radius 2 is 0.648 bits per heavy atom. The first kappa shape index (κ1) is 92.2. The number of rotatable bonds is 11. The number of benzene rings is 10. The molecule has 9 heterocycles. The van der Waals surface area contributed by atoms with Gasteiger partial charge >= 0.3 is 0 Å². The summed E-state index contributed by atoms with van der Waals surface area (Å²) in [6.07, 6.45) is 11.7. The Bertz CT molecular complexity index is 6420. The van der Waals surface area contributed by atoms with E-state index in [1.54, 1.807) is 18.6 Å². The molecule has 10 aromatic carbocycles. The van der Waals surface area contributed by atoms with Gasteiger partial charge in [0.1, 0.15) is 0 Å². The molecular weight excluding hydrogens is 2090 g/mol. The molecule has 3 radical (unpaired) electrons. The maximum Gasteiger partial charge on any atom is 0.0798 e. The van der Waals surface area contributed by atoms with E-state index < -0.39 is 24.2 Å². The van der Waals surface area contributed by atoms with E-state index in [9.17, 15) is 0 Å². The predicted octanol–water partition coefficient (Wildman–Crippen LogP) is 26.4. The molecule has 9 aromatic heterocycles. The molecule has 0 saturated heterocycles. The van der Waals surface area contributed by atoms with E-state index in [0.29, 0.717) is 0 Å². The summed E-state index contributed by atoms with van der Waals surface area (Å²) in [5.41, 5.74) is 26.5. The zero-order valence-corrected chi connectivity index (χ0v) is 83.1. The Morgan fingerprint density at radius 3 is 1.05 bits per heavy atom. The van der Waals surface area contributed by atoms with Crippen LogP contribution in [-0.2, 0) is 66.9 Å². The Labute approximate surface area is 768 Å². The van der Waals surface area contributed by atoms with Gasteiger partial charge in [-0.1, -0.05) is 218 Å². The minimum atomic E-state index is -1.42. The maximum atomic E-state index is 4.92. The summed E-state index contributed by atoms with van der Waals surface area (Å²) in [7, 11) is -4.19. The number of hydrogen-bond donors (Lipinski definition) is 0. The van der Waals surface area contributed by atoms with Gasteiger partial charge in [-0.25, -0.2) is 0 Å². The molecule has 0 fully saturated rings. The molecule has 0 saturated carbocycles. The summed E-state index contributed by atoms with van der Waals surface area (Å²) in [6.45, 7) is 37.9. The van der Waals surface area contributed by atoms with E-state index in [4.69, 9.17) is 15.0 Å². The first-order valence-corrected chi connectivity index (χ1v) is 52.1. The average Bonchev–Trinajstić information content (AvgIpc) is 1.58. The molecule has 0 bridgehead atoms. The molecule has 0 aliphatic heterocycles. The Hall–Kier alpha value is -10.5. The minimum absolute atomic E-state index is 0. The third-order valence-corrected chi connectivity index (χ3v) is 29.5. The van der Waals surface area contributed by atoms with Crippen LogP contribution in [0.25, 0.3) is 137 Å². The SMILES string of the molecule is CCn1c2c[c-]c(-c3ncc([Si](C)(C)C)c(C)c3C)cc2c2ccccc21.Cc1c([Si](C)(C)C)cnc(-c2[c-]cc3c(c2)c2ccccc2n3-c2ccccc2)c1C.Cc1c([Si](C)(C)C)cnc(-c2[c-]cc3sc4ccccc4c3c2)c1C.[Ir].[Ir].[Ir].[c-]1ccccc1-c1ccccn1.[c-]1ccccc1-c1ccccn1.[c-]1ccccc1-c1ccccn1. The van der Waals surface area contributed by atoms with Crippen molar-refractivity contribution in [2.45, 2.75) is 114 Å². The molecule has 19 rings (SSSR count). The van der Waals surface area contributed by atoms with Crippen molar-refractivity contribution in [3.63, 3.8) is 0 Å². The second-order valence-corrected chi connectivity index (χ2v) is 49.2. The maximum absolute atomic E-state index is 4.92. The van der Waals surface area contributed by atoms with Gasteiger partial charge in [-0.2, -0.15) is 11.3 Å². The fraction of sp³-hybridized carbons (Fsp3) is 0.159. The van der Waals surface area contributed by atoms with Crippen molar-refractivity contribution in [1.29, 1.82) is 0 Å². The van der Waals surface area contributed by atoms with E-state index >= 15 is 0 Å². The fourth-order valence-corrected chi connectivity index (χ4v) is 22.0. The third-order valence-electron chi connectivity index (χ3n) is 22.0. The largest absolute Gasteiger partial charge is 0.381 e. The molecule has 0 aliphatic carbocycles. The van der Waals surface area contributed by atoms with Crippen LogP contribution >= 0.6 is 11.3 Å². The van der Waals surface area contributed by atoms with Gasteiger partial charge < -0.3 is 39.0 Å². The Kier molecular flexibility index (Phi) is 31.1. The smallest absolute Gasteiger partial charge is 0.0798 e. The van der Waals surface area contributed by atoms with Gasteiger partial charge in [0.2, 0.25) is 0 Å². The summed E-state index contributed by atoms with van der Waals surface area (Å²) >= 11 is 1.83. The molecule has 8 nitrogen and oxygen atoms in total. The van der Waals surface area contributed by atoms with Gasteiger partial charge in [0.05, 0.1) is 24.2 Å². The predicted molar refractivity (Wildman–Crippen MR) is 514 cm³/mol. The van der Waals surface area contributed by atoms with Crippen LogP contribution in [0.4, 0.5) is 0 Å². The quantitative estimate of drug-likeness (QED) is 0.0947. The van der Waals surface area contributed by atoms with Crippen LogP contribution in [0.3, 0.4) is 0 Å². The van der Waals surface area contributed by atoms with Crippen LogP contribution in [0, 0.1) is 77.9 Å². The van der Waals surface area contributed by atoms with Crippen molar-refractivity contribution >= 4 is 115 Å². The first-order valence-electron chi connectivity index (χ1n) is 40.8. The molecule has 619 valence electrons. The summed E-state index contributed by atoms with van der Waals surface area (Å²) in [5.74, 6) is 0. The Morgan fingerprint density at radius 1 is 0.295 bits per heavy atom. The van der Waals surface area contributed by atoms with Crippen LogP contribution in [0.15, 0.2) is 304 Å².